The number of carbonyl (C=O) groups is 1. The first-order valence-electron chi connectivity index (χ1n) is 11.1. The number of rotatable bonds is 9. The highest BCUT2D eigenvalue weighted by Crippen LogP contribution is 2.23. The van der Waals surface area contributed by atoms with Gasteiger partial charge in [0.1, 0.15) is 0 Å². The van der Waals surface area contributed by atoms with Crippen molar-refractivity contribution in [1.29, 1.82) is 0 Å². The molecule has 5 heteroatoms. The van der Waals surface area contributed by atoms with E-state index in [4.69, 9.17) is 0 Å². The van der Waals surface area contributed by atoms with Crippen LogP contribution in [0.5, 0.6) is 0 Å². The molecule has 1 atom stereocenters. The van der Waals surface area contributed by atoms with Gasteiger partial charge in [-0.1, -0.05) is 60.7 Å². The summed E-state index contributed by atoms with van der Waals surface area (Å²) in [4.78, 5) is 26.5. The number of hydrogen-bond acceptors (Lipinski definition) is 4. The lowest BCUT2D eigenvalue weighted by Gasteiger charge is -2.32. The molecule has 0 fully saturated rings. The van der Waals surface area contributed by atoms with Gasteiger partial charge in [0, 0.05) is 37.4 Å². The van der Waals surface area contributed by atoms with E-state index in [0.29, 0.717) is 13.1 Å². The summed E-state index contributed by atoms with van der Waals surface area (Å²) in [6.07, 6.45) is 5.38. The van der Waals surface area contributed by atoms with Crippen LogP contribution in [0.3, 0.4) is 0 Å². The zero-order valence-corrected chi connectivity index (χ0v) is 18.8. The molecule has 0 aliphatic carbocycles. The van der Waals surface area contributed by atoms with E-state index < -0.39 is 0 Å². The van der Waals surface area contributed by atoms with E-state index in [9.17, 15) is 4.79 Å². The van der Waals surface area contributed by atoms with E-state index in [-0.39, 0.29) is 18.5 Å². The van der Waals surface area contributed by atoms with Crippen LogP contribution < -0.4 is 4.90 Å². The summed E-state index contributed by atoms with van der Waals surface area (Å²) in [5.74, 6) is 0.0461. The molecule has 0 spiro atoms. The van der Waals surface area contributed by atoms with Crippen molar-refractivity contribution in [1.82, 2.24) is 14.9 Å². The summed E-state index contributed by atoms with van der Waals surface area (Å²) in [6.45, 7) is 3.41. The lowest BCUT2D eigenvalue weighted by Crippen LogP contribution is -2.41. The van der Waals surface area contributed by atoms with Crippen LogP contribution in [0, 0.1) is 0 Å². The summed E-state index contributed by atoms with van der Waals surface area (Å²) >= 11 is 0. The molecule has 0 aliphatic rings. The first-order valence-corrected chi connectivity index (χ1v) is 11.1. The molecular formula is C28H28N4O. The fourth-order valence-electron chi connectivity index (χ4n) is 3.85. The van der Waals surface area contributed by atoms with Crippen LogP contribution in [0.2, 0.25) is 0 Å². The molecule has 0 N–H and O–H groups in total. The number of nitrogens with zero attached hydrogens (tertiary/aromatic N) is 4. The Morgan fingerprint density at radius 1 is 0.788 bits per heavy atom. The fourth-order valence-corrected chi connectivity index (χ4v) is 3.85. The van der Waals surface area contributed by atoms with Gasteiger partial charge >= 0.3 is 0 Å². The maximum absolute atomic E-state index is 13.8. The van der Waals surface area contributed by atoms with E-state index in [0.717, 1.165) is 22.5 Å². The third-order valence-electron chi connectivity index (χ3n) is 5.64. The number of benzene rings is 2. The summed E-state index contributed by atoms with van der Waals surface area (Å²) < 4.78 is 0. The number of anilines is 1. The third-order valence-corrected chi connectivity index (χ3v) is 5.64. The summed E-state index contributed by atoms with van der Waals surface area (Å²) in [6, 6.07) is 29.8. The summed E-state index contributed by atoms with van der Waals surface area (Å²) in [5, 5.41) is 0. The minimum atomic E-state index is -0.157. The van der Waals surface area contributed by atoms with Gasteiger partial charge in [-0.2, -0.15) is 0 Å². The number of amides is 1. The van der Waals surface area contributed by atoms with Gasteiger partial charge in [-0.15, -0.1) is 0 Å². The van der Waals surface area contributed by atoms with Crippen LogP contribution >= 0.6 is 0 Å². The molecular weight excluding hydrogens is 408 g/mol. The molecule has 0 bridgehead atoms. The molecule has 2 heterocycles. The van der Waals surface area contributed by atoms with Crippen LogP contribution in [0.4, 0.5) is 5.69 Å². The van der Waals surface area contributed by atoms with E-state index in [2.05, 4.69) is 27.0 Å². The van der Waals surface area contributed by atoms with Crippen molar-refractivity contribution in [2.45, 2.75) is 26.1 Å². The molecule has 0 saturated heterocycles. The van der Waals surface area contributed by atoms with Crippen LogP contribution in [0.15, 0.2) is 110 Å². The van der Waals surface area contributed by atoms with Crippen molar-refractivity contribution in [3.63, 3.8) is 0 Å². The highest BCUT2D eigenvalue weighted by molar-refractivity contribution is 5.82. The van der Waals surface area contributed by atoms with Gasteiger partial charge in [0.05, 0.1) is 18.3 Å². The van der Waals surface area contributed by atoms with Gasteiger partial charge in [-0.3, -0.25) is 14.8 Å². The molecule has 166 valence electrons. The Balaban J connectivity index is 1.61. The number of aromatic nitrogens is 2. The molecule has 1 amide bonds. The maximum atomic E-state index is 13.8. The zero-order valence-electron chi connectivity index (χ0n) is 18.8. The van der Waals surface area contributed by atoms with Crippen molar-refractivity contribution in [3.8, 4) is 0 Å². The minimum absolute atomic E-state index is 0.0461. The van der Waals surface area contributed by atoms with Crippen molar-refractivity contribution in [2.24, 2.45) is 0 Å². The second kappa shape index (κ2) is 11.0. The van der Waals surface area contributed by atoms with Crippen molar-refractivity contribution in [3.05, 3.63) is 126 Å². The van der Waals surface area contributed by atoms with Gasteiger partial charge in [0.15, 0.2) is 0 Å². The molecule has 5 nitrogen and oxygen atoms in total. The number of para-hydroxylation sites is 1. The van der Waals surface area contributed by atoms with Gasteiger partial charge in [-0.05, 0) is 48.4 Å². The third kappa shape index (κ3) is 6.04. The van der Waals surface area contributed by atoms with Gasteiger partial charge in [0.2, 0.25) is 5.91 Å². The zero-order chi connectivity index (χ0) is 22.9. The monoisotopic (exact) mass is 436 g/mol. The van der Waals surface area contributed by atoms with Crippen molar-refractivity contribution in [2.75, 3.05) is 11.4 Å². The Morgan fingerprint density at radius 2 is 1.48 bits per heavy atom. The highest BCUT2D eigenvalue weighted by atomic mass is 16.2. The molecule has 0 radical (unpaired) electrons. The minimum Gasteiger partial charge on any atom is -0.358 e. The average Bonchev–Trinajstić information content (AvgIpc) is 2.88. The van der Waals surface area contributed by atoms with Crippen LogP contribution in [-0.4, -0.2) is 27.3 Å². The number of pyridine rings is 2. The van der Waals surface area contributed by atoms with Crippen LogP contribution in [0.1, 0.15) is 29.8 Å². The summed E-state index contributed by atoms with van der Waals surface area (Å²) in [7, 11) is 0. The Morgan fingerprint density at radius 3 is 2.15 bits per heavy atom. The van der Waals surface area contributed by atoms with E-state index >= 15 is 0 Å². The summed E-state index contributed by atoms with van der Waals surface area (Å²) in [5.41, 5.74) is 4.02. The lowest BCUT2D eigenvalue weighted by atomic mass is 10.1. The largest absolute Gasteiger partial charge is 0.358 e. The topological polar surface area (TPSA) is 49.3 Å². The Kier molecular flexibility index (Phi) is 7.44. The molecule has 0 aliphatic heterocycles. The fraction of sp³-hybridized carbons (Fsp3) is 0.179. The van der Waals surface area contributed by atoms with Gasteiger partial charge in [0.25, 0.3) is 0 Å². The van der Waals surface area contributed by atoms with E-state index in [1.54, 1.807) is 12.4 Å². The van der Waals surface area contributed by atoms with Crippen LogP contribution in [0.25, 0.3) is 0 Å². The first-order chi connectivity index (χ1) is 16.2. The van der Waals surface area contributed by atoms with Crippen molar-refractivity contribution < 1.29 is 4.79 Å². The van der Waals surface area contributed by atoms with Crippen molar-refractivity contribution >= 4 is 11.6 Å². The number of carbonyl (C=O) groups excluding carboxylic acids is 1. The Labute approximate surface area is 195 Å². The molecule has 2 aromatic carbocycles. The molecule has 33 heavy (non-hydrogen) atoms. The van der Waals surface area contributed by atoms with Gasteiger partial charge < -0.3 is 9.80 Å². The smallest absolute Gasteiger partial charge is 0.242 e. The van der Waals surface area contributed by atoms with E-state index in [1.807, 2.05) is 96.9 Å². The molecule has 1 unspecified atom stereocenters. The SMILES string of the molecule is CC(c1ccccn1)N(Cc1ccccc1)C(=O)CN(Cc1cccnc1)c1ccccc1. The average molecular weight is 437 g/mol. The maximum Gasteiger partial charge on any atom is 0.242 e. The molecule has 0 saturated carbocycles. The number of hydrogen-bond donors (Lipinski definition) is 0. The van der Waals surface area contributed by atoms with E-state index in [1.165, 1.54) is 0 Å². The second-order valence-electron chi connectivity index (χ2n) is 7.99. The molecule has 2 aromatic heterocycles. The normalized spacial score (nSPS) is 11.5. The Hall–Kier alpha value is -3.99. The lowest BCUT2D eigenvalue weighted by molar-refractivity contribution is -0.132. The van der Waals surface area contributed by atoms with Gasteiger partial charge in [-0.25, -0.2) is 0 Å². The quantitative estimate of drug-likeness (QED) is 0.358. The standard InChI is InChI=1S/C28H28N4O/c1-23(27-16-8-9-18-30-27)32(21-24-11-4-2-5-12-24)28(33)22-31(26-14-6-3-7-15-26)20-25-13-10-17-29-19-25/h2-19,23H,20-22H2,1H3. The Bertz CT molecular complexity index is 1120. The predicted molar refractivity (Wildman–Crippen MR) is 131 cm³/mol. The molecule has 4 rings (SSSR count). The predicted octanol–water partition coefficient (Wildman–Crippen LogP) is 5.27. The molecule has 4 aromatic rings. The highest BCUT2D eigenvalue weighted by Gasteiger charge is 2.25. The van der Waals surface area contributed by atoms with Crippen LogP contribution in [-0.2, 0) is 17.9 Å². The first kappa shape index (κ1) is 22.2. The second-order valence-corrected chi connectivity index (χ2v) is 7.99.